The largest absolute Gasteiger partial charge is 0.481 e. The molecule has 0 saturated carbocycles. The van der Waals surface area contributed by atoms with Gasteiger partial charge in [0.15, 0.2) is 0 Å². The van der Waals surface area contributed by atoms with E-state index < -0.39 is 11.9 Å². The first-order valence-electron chi connectivity index (χ1n) is 5.20. The van der Waals surface area contributed by atoms with E-state index >= 15 is 0 Å². The van der Waals surface area contributed by atoms with Crippen LogP contribution in [0.4, 0.5) is 4.79 Å². The molecule has 2 unspecified atom stereocenters. The molecule has 6 nitrogen and oxygen atoms in total. The lowest BCUT2D eigenvalue weighted by atomic mass is 10.2. The summed E-state index contributed by atoms with van der Waals surface area (Å²) in [6.45, 7) is 4.69. The number of methoxy groups -OCH3 is 1. The Hall–Kier alpha value is -1.30. The van der Waals surface area contributed by atoms with Crippen molar-refractivity contribution in [3.8, 4) is 0 Å². The van der Waals surface area contributed by atoms with Gasteiger partial charge in [-0.25, -0.2) is 4.79 Å². The quantitative estimate of drug-likeness (QED) is 0.588. The summed E-state index contributed by atoms with van der Waals surface area (Å²) in [5.74, 6) is -1.28. The predicted molar refractivity (Wildman–Crippen MR) is 59.2 cm³/mol. The zero-order valence-corrected chi connectivity index (χ0v) is 9.95. The summed E-state index contributed by atoms with van der Waals surface area (Å²) in [6.07, 6.45) is 0. The van der Waals surface area contributed by atoms with Crippen LogP contribution in [0.5, 0.6) is 0 Å². The van der Waals surface area contributed by atoms with E-state index in [1.807, 2.05) is 6.92 Å². The van der Waals surface area contributed by atoms with E-state index in [4.69, 9.17) is 9.84 Å². The molecule has 0 aromatic carbocycles. The SMILES string of the molecule is COCC(C)CNC(=O)NCC(C)C(=O)O. The maximum absolute atomic E-state index is 11.2. The summed E-state index contributed by atoms with van der Waals surface area (Å²) >= 11 is 0. The number of nitrogens with one attached hydrogen (secondary N) is 2. The van der Waals surface area contributed by atoms with Crippen molar-refractivity contribution in [3.05, 3.63) is 0 Å². The van der Waals surface area contributed by atoms with Crippen LogP contribution >= 0.6 is 0 Å². The standard InChI is InChI=1S/C10H20N2O4/c1-7(6-16-3)4-11-10(15)12-5-8(2)9(13)14/h7-8H,4-6H2,1-3H3,(H,13,14)(H2,11,12,15). The third-order valence-electron chi connectivity index (χ3n) is 2.05. The van der Waals surface area contributed by atoms with Crippen molar-refractivity contribution in [3.63, 3.8) is 0 Å². The maximum atomic E-state index is 11.2. The molecule has 2 atom stereocenters. The van der Waals surface area contributed by atoms with E-state index in [1.54, 1.807) is 7.11 Å². The van der Waals surface area contributed by atoms with Gasteiger partial charge in [-0.2, -0.15) is 0 Å². The van der Waals surface area contributed by atoms with Crippen molar-refractivity contribution in [2.75, 3.05) is 26.8 Å². The summed E-state index contributed by atoms with van der Waals surface area (Å²) in [5.41, 5.74) is 0. The van der Waals surface area contributed by atoms with E-state index in [2.05, 4.69) is 10.6 Å². The number of carbonyl (C=O) groups is 2. The highest BCUT2D eigenvalue weighted by molar-refractivity contribution is 5.75. The van der Waals surface area contributed by atoms with Gasteiger partial charge in [0.25, 0.3) is 0 Å². The molecule has 0 aliphatic carbocycles. The minimum Gasteiger partial charge on any atom is -0.481 e. The van der Waals surface area contributed by atoms with Gasteiger partial charge in [-0.05, 0) is 5.92 Å². The second kappa shape index (κ2) is 7.92. The molecule has 0 aliphatic heterocycles. The van der Waals surface area contributed by atoms with E-state index in [9.17, 15) is 9.59 Å². The second-order valence-electron chi connectivity index (χ2n) is 3.89. The van der Waals surface area contributed by atoms with E-state index in [1.165, 1.54) is 6.92 Å². The summed E-state index contributed by atoms with van der Waals surface area (Å²) in [4.78, 5) is 21.7. The number of carbonyl (C=O) groups excluding carboxylic acids is 1. The van der Waals surface area contributed by atoms with Crippen LogP contribution < -0.4 is 10.6 Å². The molecule has 3 N–H and O–H groups in total. The van der Waals surface area contributed by atoms with Gasteiger partial charge in [0.2, 0.25) is 0 Å². The smallest absolute Gasteiger partial charge is 0.314 e. The Morgan fingerprint density at radius 3 is 2.31 bits per heavy atom. The molecule has 2 amide bonds. The van der Waals surface area contributed by atoms with Crippen LogP contribution in [0.15, 0.2) is 0 Å². The van der Waals surface area contributed by atoms with Crippen molar-refractivity contribution in [2.45, 2.75) is 13.8 Å². The Morgan fingerprint density at radius 1 is 1.25 bits per heavy atom. The highest BCUT2D eigenvalue weighted by Crippen LogP contribution is 1.93. The monoisotopic (exact) mass is 232 g/mol. The molecule has 0 radical (unpaired) electrons. The molecular weight excluding hydrogens is 212 g/mol. The van der Waals surface area contributed by atoms with Gasteiger partial charge in [-0.3, -0.25) is 4.79 Å². The molecule has 0 fully saturated rings. The number of amides is 2. The van der Waals surface area contributed by atoms with Crippen molar-refractivity contribution in [1.29, 1.82) is 0 Å². The Kier molecular flexibility index (Phi) is 7.28. The fourth-order valence-corrected chi connectivity index (χ4v) is 1.01. The number of carboxylic acid groups (broad SMARTS) is 1. The van der Waals surface area contributed by atoms with E-state index in [0.717, 1.165) is 0 Å². The molecule has 0 aromatic heterocycles. The number of carboxylic acids is 1. The van der Waals surface area contributed by atoms with E-state index in [0.29, 0.717) is 13.2 Å². The van der Waals surface area contributed by atoms with Gasteiger partial charge in [-0.15, -0.1) is 0 Å². The molecule has 16 heavy (non-hydrogen) atoms. The fraction of sp³-hybridized carbons (Fsp3) is 0.800. The van der Waals surface area contributed by atoms with Crippen molar-refractivity contribution >= 4 is 12.0 Å². The minimum atomic E-state index is -0.923. The molecule has 0 heterocycles. The van der Waals surface area contributed by atoms with Crippen LogP contribution in [0, 0.1) is 11.8 Å². The normalized spacial score (nSPS) is 13.9. The van der Waals surface area contributed by atoms with Crippen LogP contribution in [-0.2, 0) is 9.53 Å². The zero-order chi connectivity index (χ0) is 12.6. The number of hydrogen-bond acceptors (Lipinski definition) is 3. The Labute approximate surface area is 95.4 Å². The molecule has 0 spiro atoms. The second-order valence-corrected chi connectivity index (χ2v) is 3.89. The third-order valence-corrected chi connectivity index (χ3v) is 2.05. The Morgan fingerprint density at radius 2 is 1.81 bits per heavy atom. The van der Waals surface area contributed by atoms with Crippen LogP contribution in [0.25, 0.3) is 0 Å². The van der Waals surface area contributed by atoms with E-state index in [-0.39, 0.29) is 18.5 Å². The average Bonchev–Trinajstić information content (AvgIpc) is 2.23. The summed E-state index contributed by atoms with van der Waals surface area (Å²) < 4.78 is 4.92. The molecule has 0 aromatic rings. The van der Waals surface area contributed by atoms with Crippen LogP contribution in [-0.4, -0.2) is 43.9 Å². The molecule has 0 bridgehead atoms. The molecule has 0 aliphatic rings. The maximum Gasteiger partial charge on any atom is 0.314 e. The first-order valence-corrected chi connectivity index (χ1v) is 5.20. The molecule has 0 saturated heterocycles. The number of urea groups is 1. The zero-order valence-electron chi connectivity index (χ0n) is 9.95. The third kappa shape index (κ3) is 7.05. The minimum absolute atomic E-state index is 0.125. The average molecular weight is 232 g/mol. The number of hydrogen-bond donors (Lipinski definition) is 3. The number of rotatable bonds is 7. The first-order chi connectivity index (χ1) is 7.47. The lowest BCUT2D eigenvalue weighted by Gasteiger charge is -2.13. The molecular formula is C10H20N2O4. The van der Waals surface area contributed by atoms with Gasteiger partial charge >= 0.3 is 12.0 Å². The molecule has 94 valence electrons. The number of aliphatic carboxylic acids is 1. The van der Waals surface area contributed by atoms with Gasteiger partial charge in [0.05, 0.1) is 12.5 Å². The lowest BCUT2D eigenvalue weighted by Crippen LogP contribution is -2.41. The highest BCUT2D eigenvalue weighted by atomic mass is 16.5. The molecule has 6 heteroatoms. The summed E-state index contributed by atoms with van der Waals surface area (Å²) in [7, 11) is 1.60. The first kappa shape index (κ1) is 14.7. The topological polar surface area (TPSA) is 87.7 Å². The van der Waals surface area contributed by atoms with Crippen molar-refractivity contribution in [2.24, 2.45) is 11.8 Å². The molecule has 0 rings (SSSR count). The van der Waals surface area contributed by atoms with Gasteiger partial charge in [0.1, 0.15) is 0 Å². The fourth-order valence-electron chi connectivity index (χ4n) is 1.01. The van der Waals surface area contributed by atoms with Crippen LogP contribution in [0.1, 0.15) is 13.8 Å². The van der Waals surface area contributed by atoms with Crippen LogP contribution in [0.2, 0.25) is 0 Å². The van der Waals surface area contributed by atoms with Gasteiger partial charge < -0.3 is 20.5 Å². The van der Waals surface area contributed by atoms with Gasteiger partial charge in [0, 0.05) is 20.2 Å². The Bertz CT molecular complexity index is 233. The van der Waals surface area contributed by atoms with Gasteiger partial charge in [-0.1, -0.05) is 13.8 Å². The van der Waals surface area contributed by atoms with Crippen molar-refractivity contribution < 1.29 is 19.4 Å². The summed E-state index contributed by atoms with van der Waals surface area (Å²) in [5, 5.41) is 13.7. The predicted octanol–water partition coefficient (Wildman–Crippen LogP) is 0.289. The lowest BCUT2D eigenvalue weighted by molar-refractivity contribution is -0.140. The number of ether oxygens (including phenoxy) is 1. The highest BCUT2D eigenvalue weighted by Gasteiger charge is 2.12. The Balaban J connectivity index is 3.63. The van der Waals surface area contributed by atoms with Crippen LogP contribution in [0.3, 0.4) is 0 Å². The van der Waals surface area contributed by atoms with Crippen molar-refractivity contribution in [1.82, 2.24) is 10.6 Å². The summed E-state index contributed by atoms with van der Waals surface area (Å²) in [6, 6.07) is -0.351.